The molecule has 0 spiro atoms. The van der Waals surface area contributed by atoms with Crippen LogP contribution in [0.4, 0.5) is 0 Å². The van der Waals surface area contributed by atoms with Crippen molar-refractivity contribution < 1.29 is 14.2 Å². The lowest BCUT2D eigenvalue weighted by molar-refractivity contribution is 0.328. The number of fused-ring (bicyclic) bond motifs is 1. The zero-order valence-corrected chi connectivity index (χ0v) is 13.5. The Bertz CT molecular complexity index is 830. The summed E-state index contributed by atoms with van der Waals surface area (Å²) in [5.41, 5.74) is 1.83. The fourth-order valence-electron chi connectivity index (χ4n) is 2.60. The molecule has 1 aromatic heterocycles. The molecule has 0 unspecified atom stereocenters. The third kappa shape index (κ3) is 2.93. The summed E-state index contributed by atoms with van der Waals surface area (Å²) < 4.78 is 16.3. The van der Waals surface area contributed by atoms with E-state index < -0.39 is 0 Å². The Balaban J connectivity index is 2.22. The number of nitrogens with zero attached hydrogens (tertiary/aromatic N) is 1. The molecule has 0 radical (unpaired) electrons. The topological polar surface area (TPSA) is 40.6 Å². The summed E-state index contributed by atoms with van der Waals surface area (Å²) in [4.78, 5) is 4.67. The highest BCUT2D eigenvalue weighted by molar-refractivity contribution is 5.95. The number of pyridine rings is 1. The number of hydrogen-bond acceptors (Lipinski definition) is 4. The summed E-state index contributed by atoms with van der Waals surface area (Å²) in [5.74, 6) is 2.00. The van der Waals surface area contributed by atoms with Crippen LogP contribution >= 0.6 is 0 Å². The summed E-state index contributed by atoms with van der Waals surface area (Å²) >= 11 is 0. The Morgan fingerprint density at radius 1 is 0.913 bits per heavy atom. The van der Waals surface area contributed by atoms with Crippen LogP contribution in [-0.2, 0) is 0 Å². The van der Waals surface area contributed by atoms with E-state index in [1.54, 1.807) is 14.2 Å². The molecule has 0 fully saturated rings. The molecule has 23 heavy (non-hydrogen) atoms. The van der Waals surface area contributed by atoms with E-state index in [1.807, 2.05) is 43.3 Å². The van der Waals surface area contributed by atoms with Crippen molar-refractivity contribution in [1.29, 1.82) is 0 Å². The third-order valence-corrected chi connectivity index (χ3v) is 3.67. The maximum absolute atomic E-state index is 5.61. The Labute approximate surface area is 135 Å². The van der Waals surface area contributed by atoms with E-state index in [0.717, 1.165) is 22.0 Å². The number of hydrogen-bond donors (Lipinski definition) is 0. The predicted octanol–water partition coefficient (Wildman–Crippen LogP) is 4.32. The largest absolute Gasteiger partial charge is 0.493 e. The molecule has 0 aliphatic rings. The van der Waals surface area contributed by atoms with E-state index in [4.69, 9.17) is 14.2 Å². The second-order valence-corrected chi connectivity index (χ2v) is 5.03. The lowest BCUT2D eigenvalue weighted by Gasteiger charge is -2.12. The van der Waals surface area contributed by atoms with Crippen LogP contribution < -0.4 is 14.2 Å². The van der Waals surface area contributed by atoms with Gasteiger partial charge in [-0.2, -0.15) is 0 Å². The highest BCUT2D eigenvalue weighted by Crippen LogP contribution is 2.35. The normalized spacial score (nSPS) is 10.6. The molecule has 3 rings (SSSR count). The van der Waals surface area contributed by atoms with Crippen LogP contribution in [0.2, 0.25) is 0 Å². The van der Waals surface area contributed by atoms with Gasteiger partial charge in [0.2, 0.25) is 5.88 Å². The Hall–Kier alpha value is -2.75. The molecule has 0 aliphatic heterocycles. The van der Waals surface area contributed by atoms with Crippen LogP contribution in [-0.4, -0.2) is 25.8 Å². The molecular weight excluding hydrogens is 290 g/mol. The Morgan fingerprint density at radius 3 is 2.43 bits per heavy atom. The van der Waals surface area contributed by atoms with Crippen LogP contribution in [0.1, 0.15) is 6.92 Å². The van der Waals surface area contributed by atoms with Gasteiger partial charge in [-0.15, -0.1) is 0 Å². The van der Waals surface area contributed by atoms with E-state index in [1.165, 1.54) is 0 Å². The maximum atomic E-state index is 5.61. The number of methoxy groups -OCH3 is 2. The van der Waals surface area contributed by atoms with Crippen molar-refractivity contribution in [2.45, 2.75) is 6.92 Å². The molecule has 0 saturated carbocycles. The van der Waals surface area contributed by atoms with E-state index in [-0.39, 0.29) is 0 Å². The minimum atomic E-state index is 0.580. The summed E-state index contributed by atoms with van der Waals surface area (Å²) in [6, 6.07) is 15.9. The predicted molar refractivity (Wildman–Crippen MR) is 91.5 cm³/mol. The van der Waals surface area contributed by atoms with Gasteiger partial charge < -0.3 is 14.2 Å². The molecule has 0 aliphatic carbocycles. The van der Waals surface area contributed by atoms with Gasteiger partial charge in [0.25, 0.3) is 0 Å². The van der Waals surface area contributed by atoms with E-state index in [2.05, 4.69) is 17.1 Å². The van der Waals surface area contributed by atoms with Crippen molar-refractivity contribution in [2.75, 3.05) is 20.8 Å². The second kappa shape index (κ2) is 6.57. The van der Waals surface area contributed by atoms with Crippen molar-refractivity contribution >= 4 is 10.8 Å². The summed E-state index contributed by atoms with van der Waals surface area (Å²) in [7, 11) is 3.25. The zero-order valence-electron chi connectivity index (χ0n) is 13.5. The van der Waals surface area contributed by atoms with E-state index in [9.17, 15) is 0 Å². The molecule has 0 bridgehead atoms. The van der Waals surface area contributed by atoms with Crippen LogP contribution in [0.5, 0.6) is 17.4 Å². The second-order valence-electron chi connectivity index (χ2n) is 5.03. The third-order valence-electron chi connectivity index (χ3n) is 3.67. The van der Waals surface area contributed by atoms with Gasteiger partial charge >= 0.3 is 0 Å². The van der Waals surface area contributed by atoms with Gasteiger partial charge in [-0.1, -0.05) is 24.3 Å². The first-order valence-electron chi connectivity index (χ1n) is 7.51. The molecule has 2 aromatic carbocycles. The molecule has 0 saturated heterocycles. The first-order chi connectivity index (χ1) is 11.3. The summed E-state index contributed by atoms with van der Waals surface area (Å²) in [6.45, 7) is 2.53. The number of aromatic nitrogens is 1. The highest BCUT2D eigenvalue weighted by Gasteiger charge is 2.12. The number of benzene rings is 2. The van der Waals surface area contributed by atoms with Crippen molar-refractivity contribution in [3.8, 4) is 28.6 Å². The molecule has 3 aromatic rings. The first kappa shape index (κ1) is 15.2. The first-order valence-corrected chi connectivity index (χ1v) is 7.51. The van der Waals surface area contributed by atoms with Crippen LogP contribution in [0.3, 0.4) is 0 Å². The summed E-state index contributed by atoms with van der Waals surface area (Å²) in [6.07, 6.45) is 0. The molecule has 1 heterocycles. The molecule has 4 nitrogen and oxygen atoms in total. The van der Waals surface area contributed by atoms with Crippen molar-refractivity contribution in [3.63, 3.8) is 0 Å². The molecule has 0 atom stereocenters. The van der Waals surface area contributed by atoms with Gasteiger partial charge in [0, 0.05) is 17.0 Å². The lowest BCUT2D eigenvalue weighted by Crippen LogP contribution is -1.97. The Kier molecular flexibility index (Phi) is 4.33. The molecular formula is C19H19NO3. The Morgan fingerprint density at radius 2 is 1.70 bits per heavy atom. The van der Waals surface area contributed by atoms with Gasteiger partial charge in [-0.05, 0) is 30.5 Å². The fraction of sp³-hybridized carbons (Fsp3) is 0.211. The fourth-order valence-corrected chi connectivity index (χ4v) is 2.60. The van der Waals surface area contributed by atoms with Crippen LogP contribution in [0.15, 0.2) is 48.5 Å². The van der Waals surface area contributed by atoms with Gasteiger partial charge in [0.05, 0.1) is 26.5 Å². The van der Waals surface area contributed by atoms with E-state index in [0.29, 0.717) is 24.0 Å². The zero-order chi connectivity index (χ0) is 16.2. The average Bonchev–Trinajstić information content (AvgIpc) is 2.60. The summed E-state index contributed by atoms with van der Waals surface area (Å²) in [5, 5.41) is 2.17. The van der Waals surface area contributed by atoms with Crippen LogP contribution in [0, 0.1) is 0 Å². The van der Waals surface area contributed by atoms with Crippen molar-refractivity contribution in [1.82, 2.24) is 4.98 Å². The van der Waals surface area contributed by atoms with E-state index >= 15 is 0 Å². The monoisotopic (exact) mass is 309 g/mol. The lowest BCUT2D eigenvalue weighted by atomic mass is 10.0. The van der Waals surface area contributed by atoms with Gasteiger partial charge in [-0.25, -0.2) is 4.98 Å². The smallest absolute Gasteiger partial charge is 0.214 e. The minimum Gasteiger partial charge on any atom is -0.493 e. The average molecular weight is 309 g/mol. The quantitative estimate of drug-likeness (QED) is 0.704. The number of rotatable bonds is 5. The van der Waals surface area contributed by atoms with Crippen molar-refractivity contribution in [2.24, 2.45) is 0 Å². The standard InChI is InChI=1S/C19H19NO3/c1-4-23-18-12-13-7-5-6-8-15(13)19(20-18)14-9-10-16(21-2)17(11-14)22-3/h5-12H,4H2,1-3H3. The van der Waals surface area contributed by atoms with Gasteiger partial charge in [0.1, 0.15) is 0 Å². The van der Waals surface area contributed by atoms with Crippen molar-refractivity contribution in [3.05, 3.63) is 48.5 Å². The number of ether oxygens (including phenoxy) is 3. The van der Waals surface area contributed by atoms with Crippen LogP contribution in [0.25, 0.3) is 22.0 Å². The SMILES string of the molecule is CCOc1cc2ccccc2c(-c2ccc(OC)c(OC)c2)n1. The highest BCUT2D eigenvalue weighted by atomic mass is 16.5. The van der Waals surface area contributed by atoms with Gasteiger partial charge in [0.15, 0.2) is 11.5 Å². The molecule has 0 amide bonds. The molecule has 118 valence electrons. The van der Waals surface area contributed by atoms with Gasteiger partial charge in [-0.3, -0.25) is 0 Å². The molecule has 0 N–H and O–H groups in total. The maximum Gasteiger partial charge on any atom is 0.214 e. The minimum absolute atomic E-state index is 0.580. The molecule has 4 heteroatoms.